The molecule has 1 atom stereocenters. The predicted octanol–water partition coefficient (Wildman–Crippen LogP) is 3.11. The second kappa shape index (κ2) is 6.29. The molecule has 20 heavy (non-hydrogen) atoms. The molecule has 0 bridgehead atoms. The molecule has 0 aliphatic carbocycles. The van der Waals surface area contributed by atoms with E-state index in [1.807, 2.05) is 24.8 Å². The molecular weight excluding hydrogens is 250 g/mol. The van der Waals surface area contributed by atoms with E-state index in [1.54, 1.807) is 7.11 Å². The summed E-state index contributed by atoms with van der Waals surface area (Å²) in [6, 6.07) is 4.11. The maximum Gasteiger partial charge on any atom is 0.227 e. The number of benzene rings is 1. The van der Waals surface area contributed by atoms with Gasteiger partial charge in [0.1, 0.15) is 5.75 Å². The Bertz CT molecular complexity index is 496. The summed E-state index contributed by atoms with van der Waals surface area (Å²) in [5.74, 6) is 1.78. The zero-order chi connectivity index (χ0) is 14.7. The average molecular weight is 275 g/mol. The summed E-state index contributed by atoms with van der Waals surface area (Å²) >= 11 is 0. The van der Waals surface area contributed by atoms with Crippen LogP contribution in [0.2, 0.25) is 0 Å². The highest BCUT2D eigenvalue weighted by Crippen LogP contribution is 2.24. The van der Waals surface area contributed by atoms with Crippen molar-refractivity contribution in [1.29, 1.82) is 0 Å². The van der Waals surface area contributed by atoms with Crippen molar-refractivity contribution >= 4 is 5.91 Å². The van der Waals surface area contributed by atoms with Gasteiger partial charge in [-0.3, -0.25) is 4.79 Å². The zero-order valence-corrected chi connectivity index (χ0v) is 13.0. The molecule has 1 saturated heterocycles. The first-order valence-corrected chi connectivity index (χ1v) is 7.43. The third-order valence-corrected chi connectivity index (χ3v) is 4.20. The number of hydrogen-bond acceptors (Lipinski definition) is 2. The lowest BCUT2D eigenvalue weighted by atomic mass is 9.98. The van der Waals surface area contributed by atoms with Crippen LogP contribution in [0.4, 0.5) is 0 Å². The molecule has 110 valence electrons. The van der Waals surface area contributed by atoms with Crippen LogP contribution in [0.25, 0.3) is 0 Å². The van der Waals surface area contributed by atoms with Crippen molar-refractivity contribution in [1.82, 2.24) is 4.90 Å². The Balaban J connectivity index is 2.09. The molecule has 1 aromatic carbocycles. The van der Waals surface area contributed by atoms with Crippen LogP contribution in [-0.2, 0) is 11.2 Å². The maximum atomic E-state index is 12.4. The Morgan fingerprint density at radius 2 is 2.10 bits per heavy atom. The van der Waals surface area contributed by atoms with Gasteiger partial charge in [0.2, 0.25) is 5.91 Å². The molecule has 1 aliphatic heterocycles. The highest BCUT2D eigenvalue weighted by molar-refractivity contribution is 5.79. The number of likely N-dealkylation sites (tertiary alicyclic amines) is 1. The Labute approximate surface area is 121 Å². The fourth-order valence-corrected chi connectivity index (χ4v) is 2.95. The Kier molecular flexibility index (Phi) is 4.69. The summed E-state index contributed by atoms with van der Waals surface area (Å²) in [4.78, 5) is 14.4. The van der Waals surface area contributed by atoms with Gasteiger partial charge in [-0.05, 0) is 55.4 Å². The molecule has 1 amide bonds. The lowest BCUT2D eigenvalue weighted by molar-refractivity contribution is -0.132. The second-order valence-electron chi connectivity index (χ2n) is 6.01. The topological polar surface area (TPSA) is 29.5 Å². The molecule has 1 fully saturated rings. The van der Waals surface area contributed by atoms with Crippen molar-refractivity contribution in [2.24, 2.45) is 5.92 Å². The van der Waals surface area contributed by atoms with E-state index in [0.29, 0.717) is 12.3 Å². The molecule has 0 radical (unpaired) electrons. The predicted molar refractivity (Wildman–Crippen MR) is 81.2 cm³/mol. The monoisotopic (exact) mass is 275 g/mol. The van der Waals surface area contributed by atoms with Crippen molar-refractivity contribution in [2.45, 2.75) is 40.0 Å². The van der Waals surface area contributed by atoms with Gasteiger partial charge in [0, 0.05) is 13.1 Å². The minimum Gasteiger partial charge on any atom is -0.496 e. The van der Waals surface area contributed by atoms with Crippen LogP contribution in [0.15, 0.2) is 12.1 Å². The van der Waals surface area contributed by atoms with Gasteiger partial charge in [0.15, 0.2) is 0 Å². The molecule has 0 spiro atoms. The zero-order valence-electron chi connectivity index (χ0n) is 13.0. The van der Waals surface area contributed by atoms with Gasteiger partial charge in [-0.15, -0.1) is 0 Å². The van der Waals surface area contributed by atoms with Crippen molar-refractivity contribution in [2.75, 3.05) is 20.2 Å². The first-order valence-electron chi connectivity index (χ1n) is 7.43. The van der Waals surface area contributed by atoms with Crippen LogP contribution in [-0.4, -0.2) is 31.0 Å². The van der Waals surface area contributed by atoms with E-state index in [1.165, 1.54) is 6.42 Å². The highest BCUT2D eigenvalue weighted by Gasteiger charge is 2.21. The smallest absolute Gasteiger partial charge is 0.227 e. The van der Waals surface area contributed by atoms with E-state index >= 15 is 0 Å². The standard InChI is InChI=1S/C17H25NO2/c1-12-6-5-7-18(11-12)17(19)10-15-8-14(3)16(20-4)9-13(15)2/h8-9,12H,5-7,10-11H2,1-4H3. The molecule has 3 nitrogen and oxygen atoms in total. The van der Waals surface area contributed by atoms with Crippen LogP contribution in [0.1, 0.15) is 36.5 Å². The summed E-state index contributed by atoms with van der Waals surface area (Å²) in [5.41, 5.74) is 3.34. The molecule has 1 aliphatic rings. The lowest BCUT2D eigenvalue weighted by Crippen LogP contribution is -2.40. The van der Waals surface area contributed by atoms with Crippen molar-refractivity contribution in [3.8, 4) is 5.75 Å². The first-order chi connectivity index (χ1) is 9.51. The highest BCUT2D eigenvalue weighted by atomic mass is 16.5. The first kappa shape index (κ1) is 14.9. The quantitative estimate of drug-likeness (QED) is 0.848. The van der Waals surface area contributed by atoms with E-state index < -0.39 is 0 Å². The van der Waals surface area contributed by atoms with Gasteiger partial charge in [-0.25, -0.2) is 0 Å². The van der Waals surface area contributed by atoms with Crippen molar-refractivity contribution in [3.05, 3.63) is 28.8 Å². The Morgan fingerprint density at radius 3 is 2.75 bits per heavy atom. The fourth-order valence-electron chi connectivity index (χ4n) is 2.95. The third kappa shape index (κ3) is 3.33. The number of amides is 1. The number of rotatable bonds is 3. The van der Waals surface area contributed by atoms with Crippen LogP contribution in [0.5, 0.6) is 5.75 Å². The molecule has 0 N–H and O–H groups in total. The van der Waals surface area contributed by atoms with Gasteiger partial charge < -0.3 is 9.64 Å². The summed E-state index contributed by atoms with van der Waals surface area (Å²) in [6.07, 6.45) is 2.88. The number of nitrogens with zero attached hydrogens (tertiary/aromatic N) is 1. The Morgan fingerprint density at radius 1 is 1.35 bits per heavy atom. The molecule has 0 aromatic heterocycles. The SMILES string of the molecule is COc1cc(C)c(CC(=O)N2CCCC(C)C2)cc1C. The minimum absolute atomic E-state index is 0.254. The molecule has 1 aromatic rings. The number of aryl methyl sites for hydroxylation is 2. The van der Waals surface area contributed by atoms with Crippen molar-refractivity contribution in [3.63, 3.8) is 0 Å². The van der Waals surface area contributed by atoms with Gasteiger partial charge in [0.25, 0.3) is 0 Å². The second-order valence-corrected chi connectivity index (χ2v) is 6.01. The largest absolute Gasteiger partial charge is 0.496 e. The van der Waals surface area contributed by atoms with Gasteiger partial charge in [0.05, 0.1) is 13.5 Å². The van der Waals surface area contributed by atoms with E-state index in [0.717, 1.165) is 42.0 Å². The number of carbonyl (C=O) groups excluding carboxylic acids is 1. The normalized spacial score (nSPS) is 19.0. The summed E-state index contributed by atoms with van der Waals surface area (Å²) in [7, 11) is 1.68. The summed E-state index contributed by atoms with van der Waals surface area (Å²) in [5, 5.41) is 0. The number of methoxy groups -OCH3 is 1. The fraction of sp³-hybridized carbons (Fsp3) is 0.588. The number of carbonyl (C=O) groups is 1. The van der Waals surface area contributed by atoms with E-state index in [9.17, 15) is 4.79 Å². The van der Waals surface area contributed by atoms with Crippen LogP contribution >= 0.6 is 0 Å². The van der Waals surface area contributed by atoms with Gasteiger partial charge in [-0.1, -0.05) is 13.0 Å². The summed E-state index contributed by atoms with van der Waals surface area (Å²) in [6.45, 7) is 8.12. The van der Waals surface area contributed by atoms with Crippen molar-refractivity contribution < 1.29 is 9.53 Å². The van der Waals surface area contributed by atoms with Gasteiger partial charge >= 0.3 is 0 Å². The maximum absolute atomic E-state index is 12.4. The molecule has 0 saturated carbocycles. The average Bonchev–Trinajstić information content (AvgIpc) is 2.42. The molecule has 1 heterocycles. The van der Waals surface area contributed by atoms with Crippen LogP contribution in [0.3, 0.4) is 0 Å². The van der Waals surface area contributed by atoms with Gasteiger partial charge in [-0.2, -0.15) is 0 Å². The Hall–Kier alpha value is -1.51. The third-order valence-electron chi connectivity index (χ3n) is 4.20. The molecule has 2 rings (SSSR count). The molecular formula is C17H25NO2. The number of piperidine rings is 1. The van der Waals surface area contributed by atoms with E-state index in [4.69, 9.17) is 4.74 Å². The number of hydrogen-bond donors (Lipinski definition) is 0. The van der Waals surface area contributed by atoms with Crippen LogP contribution in [0, 0.1) is 19.8 Å². The molecule has 3 heteroatoms. The molecule has 1 unspecified atom stereocenters. The number of ether oxygens (including phenoxy) is 1. The summed E-state index contributed by atoms with van der Waals surface area (Å²) < 4.78 is 5.32. The van der Waals surface area contributed by atoms with E-state index in [2.05, 4.69) is 13.0 Å². The minimum atomic E-state index is 0.254. The van der Waals surface area contributed by atoms with E-state index in [-0.39, 0.29) is 5.91 Å². The van der Waals surface area contributed by atoms with Crippen LogP contribution < -0.4 is 4.74 Å². The lowest BCUT2D eigenvalue weighted by Gasteiger charge is -2.31.